The van der Waals surface area contributed by atoms with Crippen molar-refractivity contribution in [1.29, 1.82) is 0 Å². The zero-order chi connectivity index (χ0) is 24.2. The molecule has 0 radical (unpaired) electrons. The van der Waals surface area contributed by atoms with Crippen LogP contribution in [0.15, 0.2) is 116 Å². The number of rotatable bonds is 7. The molecule has 35 heavy (non-hydrogen) atoms. The smallest absolute Gasteiger partial charge is 0.0460 e. The molecule has 0 amide bonds. The molecule has 0 aliphatic rings. The summed E-state index contributed by atoms with van der Waals surface area (Å²) in [4.78, 5) is 0. The van der Waals surface area contributed by atoms with Gasteiger partial charge in [-0.15, -0.1) is 11.3 Å². The summed E-state index contributed by atoms with van der Waals surface area (Å²) in [6.45, 7) is 6.69. The Morgan fingerprint density at radius 2 is 1.71 bits per heavy atom. The number of hydrogen-bond acceptors (Lipinski definition) is 3. The van der Waals surface area contributed by atoms with Gasteiger partial charge in [0.25, 0.3) is 0 Å². The van der Waals surface area contributed by atoms with Crippen molar-refractivity contribution >= 4 is 54.0 Å². The Kier molecular flexibility index (Phi) is 6.62. The summed E-state index contributed by atoms with van der Waals surface area (Å²) in [5.41, 5.74) is 14.0. The maximum absolute atomic E-state index is 6.00. The van der Waals surface area contributed by atoms with E-state index in [9.17, 15) is 0 Å². The van der Waals surface area contributed by atoms with Gasteiger partial charge in [0.1, 0.15) is 0 Å². The van der Waals surface area contributed by atoms with Crippen LogP contribution in [-0.2, 0) is 6.54 Å². The van der Waals surface area contributed by atoms with Crippen molar-refractivity contribution in [3.63, 3.8) is 0 Å². The van der Waals surface area contributed by atoms with Crippen LogP contribution in [0.1, 0.15) is 23.6 Å². The average molecular weight is 473 g/mol. The van der Waals surface area contributed by atoms with Gasteiger partial charge in [0.2, 0.25) is 0 Å². The fraction of sp³-hybridized carbons (Fsp3) is 0.0625. The Bertz CT molecular complexity index is 1570. The van der Waals surface area contributed by atoms with Gasteiger partial charge in [0, 0.05) is 43.7 Å². The van der Waals surface area contributed by atoms with E-state index < -0.39 is 0 Å². The van der Waals surface area contributed by atoms with Crippen LogP contribution in [0.3, 0.4) is 0 Å². The summed E-state index contributed by atoms with van der Waals surface area (Å²) in [6.07, 6.45) is 6.18. The van der Waals surface area contributed by atoms with E-state index in [2.05, 4.69) is 104 Å². The van der Waals surface area contributed by atoms with Gasteiger partial charge in [-0.05, 0) is 59.5 Å². The average Bonchev–Trinajstić information content (AvgIpc) is 3.27. The van der Waals surface area contributed by atoms with Crippen molar-refractivity contribution in [2.45, 2.75) is 13.5 Å². The van der Waals surface area contributed by atoms with Crippen molar-refractivity contribution in [2.75, 3.05) is 5.32 Å². The number of nitrogens with two attached hydrogens (primary N) is 1. The largest absolute Gasteiger partial charge is 0.355 e. The molecule has 4 aromatic carbocycles. The molecular weight excluding hydrogens is 444 g/mol. The molecule has 3 heteroatoms. The molecule has 3 N–H and O–H groups in total. The number of thiophene rings is 1. The number of nitrogens with one attached hydrogen (secondary N) is 1. The summed E-state index contributed by atoms with van der Waals surface area (Å²) < 4.78 is 2.56. The topological polar surface area (TPSA) is 38.0 Å². The van der Waals surface area contributed by atoms with E-state index in [1.165, 1.54) is 42.4 Å². The van der Waals surface area contributed by atoms with E-state index in [4.69, 9.17) is 5.73 Å². The molecule has 0 fully saturated rings. The maximum Gasteiger partial charge on any atom is 0.0460 e. The van der Waals surface area contributed by atoms with E-state index in [0.29, 0.717) is 6.54 Å². The Morgan fingerprint density at radius 1 is 0.914 bits per heavy atom. The molecule has 0 atom stereocenters. The fourth-order valence-electron chi connectivity index (χ4n) is 4.48. The Balaban J connectivity index is 1.56. The lowest BCUT2D eigenvalue weighted by Crippen LogP contribution is -1.95. The highest BCUT2D eigenvalue weighted by Gasteiger charge is 2.11. The van der Waals surface area contributed by atoms with E-state index in [0.717, 1.165) is 16.9 Å². The zero-order valence-electron chi connectivity index (χ0n) is 19.8. The van der Waals surface area contributed by atoms with Crippen LogP contribution in [0.5, 0.6) is 0 Å². The van der Waals surface area contributed by atoms with Crippen molar-refractivity contribution in [2.24, 2.45) is 5.73 Å². The van der Waals surface area contributed by atoms with Crippen LogP contribution in [0.2, 0.25) is 0 Å². The predicted octanol–water partition coefficient (Wildman–Crippen LogP) is 8.93. The van der Waals surface area contributed by atoms with Crippen molar-refractivity contribution in [1.82, 2.24) is 0 Å². The summed E-state index contributed by atoms with van der Waals surface area (Å²) in [5.74, 6) is 0. The number of anilines is 2. The van der Waals surface area contributed by atoms with E-state index in [1.54, 1.807) is 0 Å². The van der Waals surface area contributed by atoms with Crippen molar-refractivity contribution in [3.05, 3.63) is 132 Å². The standard InChI is InChI=1S/C32H28N2S/c1-3-10-23(19-22(2)27-14-7-8-16-30(27)34-26-12-5-4-6-13-26)24-17-18-31-29(20-24)28-15-9-11-25(21-33)32(28)35-31/h3-20,34H,1,21,33H2,2H3/b22-19+,23-10+. The van der Waals surface area contributed by atoms with Gasteiger partial charge in [0.15, 0.2) is 0 Å². The first-order valence-corrected chi connectivity index (χ1v) is 12.6. The lowest BCUT2D eigenvalue weighted by molar-refractivity contribution is 1.09. The van der Waals surface area contributed by atoms with E-state index >= 15 is 0 Å². The molecule has 0 unspecified atom stereocenters. The summed E-state index contributed by atoms with van der Waals surface area (Å²) in [5, 5.41) is 6.10. The van der Waals surface area contributed by atoms with Gasteiger partial charge in [-0.25, -0.2) is 0 Å². The molecule has 1 heterocycles. The minimum atomic E-state index is 0.553. The van der Waals surface area contributed by atoms with Crippen LogP contribution in [-0.4, -0.2) is 0 Å². The Labute approximate surface area is 210 Å². The molecular formula is C32H28N2S. The van der Waals surface area contributed by atoms with Crippen molar-refractivity contribution < 1.29 is 0 Å². The van der Waals surface area contributed by atoms with Crippen LogP contribution in [0, 0.1) is 0 Å². The number of fused-ring (bicyclic) bond motifs is 3. The monoisotopic (exact) mass is 472 g/mol. The lowest BCUT2D eigenvalue weighted by atomic mass is 9.97. The van der Waals surface area contributed by atoms with Gasteiger partial charge < -0.3 is 11.1 Å². The van der Waals surface area contributed by atoms with Gasteiger partial charge >= 0.3 is 0 Å². The molecule has 0 aliphatic carbocycles. The summed E-state index contributed by atoms with van der Waals surface area (Å²) >= 11 is 1.82. The number of allylic oxidation sites excluding steroid dienone is 5. The van der Waals surface area contributed by atoms with Crippen molar-refractivity contribution in [3.8, 4) is 0 Å². The zero-order valence-corrected chi connectivity index (χ0v) is 20.6. The Morgan fingerprint density at radius 3 is 2.51 bits per heavy atom. The molecule has 2 nitrogen and oxygen atoms in total. The highest BCUT2D eigenvalue weighted by molar-refractivity contribution is 7.26. The number of para-hydroxylation sites is 2. The van der Waals surface area contributed by atoms with Crippen LogP contribution >= 0.6 is 11.3 Å². The molecule has 1 aromatic heterocycles. The fourth-order valence-corrected chi connectivity index (χ4v) is 5.68. The molecule has 0 aliphatic heterocycles. The van der Waals surface area contributed by atoms with Gasteiger partial charge in [0.05, 0.1) is 0 Å². The molecule has 0 saturated carbocycles. The molecule has 0 bridgehead atoms. The first kappa shape index (κ1) is 22.9. The normalized spacial score (nSPS) is 12.3. The number of benzene rings is 4. The quantitative estimate of drug-likeness (QED) is 0.232. The molecule has 5 rings (SSSR count). The third-order valence-corrected chi connectivity index (χ3v) is 7.47. The van der Waals surface area contributed by atoms with Crippen LogP contribution in [0.25, 0.3) is 31.3 Å². The first-order chi connectivity index (χ1) is 17.2. The minimum absolute atomic E-state index is 0.553. The first-order valence-electron chi connectivity index (χ1n) is 11.7. The second-order valence-electron chi connectivity index (χ2n) is 8.53. The van der Waals surface area contributed by atoms with Gasteiger partial charge in [-0.3, -0.25) is 0 Å². The second-order valence-corrected chi connectivity index (χ2v) is 9.58. The lowest BCUT2D eigenvalue weighted by Gasteiger charge is -2.13. The Hall–Kier alpha value is -3.92. The number of hydrogen-bond donors (Lipinski definition) is 2. The summed E-state index contributed by atoms with van der Waals surface area (Å²) in [7, 11) is 0. The molecule has 172 valence electrons. The van der Waals surface area contributed by atoms with Crippen LogP contribution in [0.4, 0.5) is 11.4 Å². The third-order valence-electron chi connectivity index (χ3n) is 6.21. The van der Waals surface area contributed by atoms with Crippen LogP contribution < -0.4 is 11.1 Å². The molecule has 5 aromatic rings. The minimum Gasteiger partial charge on any atom is -0.355 e. The molecule has 0 spiro atoms. The van der Waals surface area contributed by atoms with E-state index in [1.807, 2.05) is 35.6 Å². The highest BCUT2D eigenvalue weighted by Crippen LogP contribution is 2.38. The highest BCUT2D eigenvalue weighted by atomic mass is 32.1. The second kappa shape index (κ2) is 10.1. The maximum atomic E-state index is 6.00. The summed E-state index contributed by atoms with van der Waals surface area (Å²) in [6, 6.07) is 31.8. The van der Waals surface area contributed by atoms with Gasteiger partial charge in [-0.1, -0.05) is 85.5 Å². The molecule has 0 saturated heterocycles. The third kappa shape index (κ3) is 4.69. The predicted molar refractivity (Wildman–Crippen MR) is 155 cm³/mol. The van der Waals surface area contributed by atoms with Gasteiger partial charge in [-0.2, -0.15) is 0 Å². The SMILES string of the molecule is C=C/C=C(\C=C(/C)c1ccccc1Nc1ccccc1)c1ccc2sc3c(CN)cccc3c2c1. The van der Waals surface area contributed by atoms with E-state index in [-0.39, 0.29) is 0 Å².